The zero-order valence-electron chi connectivity index (χ0n) is 7.23. The third-order valence-electron chi connectivity index (χ3n) is 1.87. The molecule has 0 amide bonds. The normalized spacial score (nSPS) is 21.1. The molecule has 13 heavy (non-hydrogen) atoms. The Balaban J connectivity index is 2.42. The molecule has 1 aliphatic heterocycles. The molecule has 0 fully saturated rings. The molecule has 0 spiro atoms. The van der Waals surface area contributed by atoms with Gasteiger partial charge in [0.1, 0.15) is 0 Å². The number of benzene rings is 1. The average molecular weight is 210 g/mol. The zero-order valence-corrected chi connectivity index (χ0v) is 8.86. The molecule has 1 heterocycles. The van der Waals surface area contributed by atoms with Gasteiger partial charge in [0.15, 0.2) is 0 Å². The highest BCUT2D eigenvalue weighted by Gasteiger charge is 2.08. The summed E-state index contributed by atoms with van der Waals surface area (Å²) in [6, 6.07) is 8.22. The monoisotopic (exact) mass is 210 g/mol. The number of rotatable bonds is 1. The molecule has 0 radical (unpaired) electrons. The van der Waals surface area contributed by atoms with E-state index in [-0.39, 0.29) is 9.91 Å². The van der Waals surface area contributed by atoms with E-state index >= 15 is 0 Å². The van der Waals surface area contributed by atoms with Gasteiger partial charge in [-0.1, -0.05) is 24.3 Å². The Hall–Kier alpha value is -0.580. The lowest BCUT2D eigenvalue weighted by molar-refractivity contribution is 1.40. The van der Waals surface area contributed by atoms with Crippen LogP contribution in [0.5, 0.6) is 0 Å². The van der Waals surface area contributed by atoms with Crippen LogP contribution in [0, 0.1) is 6.92 Å². The first kappa shape index (κ1) is 8.99. The first-order valence-electron chi connectivity index (χ1n) is 3.91. The lowest BCUT2D eigenvalue weighted by Gasteiger charge is -2.01. The number of nitrogens with zero attached hydrogens (tertiary/aromatic N) is 1. The van der Waals surface area contributed by atoms with E-state index in [9.17, 15) is 0 Å². The predicted octanol–water partition coefficient (Wildman–Crippen LogP) is 2.63. The minimum absolute atomic E-state index is 0.363. The summed E-state index contributed by atoms with van der Waals surface area (Å²) >= 11 is 0. The van der Waals surface area contributed by atoms with Crippen LogP contribution in [0.4, 0.5) is 0 Å². The minimum Gasteiger partial charge on any atom is -0.259 e. The summed E-state index contributed by atoms with van der Waals surface area (Å²) in [7, 11) is 1.22. The molecule has 0 saturated heterocycles. The predicted molar refractivity (Wildman–Crippen MR) is 60.7 cm³/mol. The topological polar surface area (TPSA) is 38.4 Å². The van der Waals surface area contributed by atoms with Gasteiger partial charge in [-0.15, -0.1) is 0 Å². The molecule has 0 bridgehead atoms. The van der Waals surface area contributed by atoms with E-state index in [4.69, 9.17) is 5.14 Å². The van der Waals surface area contributed by atoms with Gasteiger partial charge >= 0.3 is 0 Å². The maximum atomic E-state index is 5.68. The Bertz CT molecular complexity index is 396. The van der Waals surface area contributed by atoms with Crippen molar-refractivity contribution in [1.82, 2.24) is 0 Å². The van der Waals surface area contributed by atoms with Crippen LogP contribution >= 0.6 is 10.8 Å². The van der Waals surface area contributed by atoms with Gasteiger partial charge in [-0.2, -0.15) is 0 Å². The highest BCUT2D eigenvalue weighted by molar-refractivity contribution is 8.70. The minimum atomic E-state index is -0.363. The molecule has 1 atom stereocenters. The SMILES string of the molecule is Cc1ccccc1C1=CSS(N)=N1. The van der Waals surface area contributed by atoms with E-state index < -0.39 is 0 Å². The van der Waals surface area contributed by atoms with Crippen molar-refractivity contribution >= 4 is 26.4 Å². The largest absolute Gasteiger partial charge is 0.259 e. The molecule has 68 valence electrons. The van der Waals surface area contributed by atoms with Gasteiger partial charge in [0.05, 0.1) is 5.70 Å². The summed E-state index contributed by atoms with van der Waals surface area (Å²) in [4.78, 5) is 0. The van der Waals surface area contributed by atoms with Crippen molar-refractivity contribution in [2.75, 3.05) is 0 Å². The van der Waals surface area contributed by atoms with Crippen LogP contribution in [-0.2, 0) is 9.91 Å². The van der Waals surface area contributed by atoms with Crippen LogP contribution in [0.15, 0.2) is 34.0 Å². The second kappa shape index (κ2) is 3.65. The van der Waals surface area contributed by atoms with Crippen molar-refractivity contribution in [2.24, 2.45) is 9.50 Å². The maximum Gasteiger partial charge on any atom is 0.0874 e. The van der Waals surface area contributed by atoms with Gasteiger partial charge in [-0.05, 0) is 23.3 Å². The first-order valence-corrected chi connectivity index (χ1v) is 6.55. The van der Waals surface area contributed by atoms with Crippen molar-refractivity contribution in [3.63, 3.8) is 0 Å². The molecule has 0 saturated carbocycles. The number of nitrogens with two attached hydrogens (primary N) is 1. The second-order valence-corrected chi connectivity index (χ2v) is 5.55. The zero-order chi connectivity index (χ0) is 9.26. The Morgan fingerprint density at radius 3 is 2.77 bits per heavy atom. The Morgan fingerprint density at radius 2 is 2.15 bits per heavy atom. The van der Waals surface area contributed by atoms with Crippen LogP contribution in [-0.4, -0.2) is 0 Å². The molecular formula is C9H10N2S2. The molecule has 4 heteroatoms. The Kier molecular flexibility index (Phi) is 2.53. The molecule has 1 aliphatic rings. The third-order valence-corrected chi connectivity index (χ3v) is 3.86. The molecule has 2 rings (SSSR count). The summed E-state index contributed by atoms with van der Waals surface area (Å²) in [5, 5.41) is 7.72. The summed E-state index contributed by atoms with van der Waals surface area (Å²) < 4.78 is 4.35. The van der Waals surface area contributed by atoms with Crippen molar-refractivity contribution in [3.05, 3.63) is 40.8 Å². The molecule has 2 nitrogen and oxygen atoms in total. The molecule has 1 unspecified atom stereocenters. The fourth-order valence-corrected chi connectivity index (χ4v) is 2.97. The van der Waals surface area contributed by atoms with Crippen molar-refractivity contribution < 1.29 is 0 Å². The second-order valence-electron chi connectivity index (χ2n) is 2.78. The highest BCUT2D eigenvalue weighted by Crippen LogP contribution is 2.30. The van der Waals surface area contributed by atoms with E-state index in [1.54, 1.807) is 10.8 Å². The van der Waals surface area contributed by atoms with E-state index in [1.807, 2.05) is 17.5 Å². The summed E-state index contributed by atoms with van der Waals surface area (Å²) in [6.07, 6.45) is 0. The van der Waals surface area contributed by atoms with Gasteiger partial charge in [0.25, 0.3) is 0 Å². The smallest absolute Gasteiger partial charge is 0.0874 e. The van der Waals surface area contributed by atoms with E-state index in [2.05, 4.69) is 23.4 Å². The van der Waals surface area contributed by atoms with E-state index in [0.717, 1.165) is 5.70 Å². The lowest BCUT2D eigenvalue weighted by atomic mass is 10.1. The Morgan fingerprint density at radius 1 is 1.38 bits per heavy atom. The number of hydrogen-bond acceptors (Lipinski definition) is 3. The summed E-state index contributed by atoms with van der Waals surface area (Å²) in [5.41, 5.74) is 3.46. The van der Waals surface area contributed by atoms with Gasteiger partial charge in [-0.25, -0.2) is 4.36 Å². The van der Waals surface area contributed by atoms with Crippen molar-refractivity contribution in [3.8, 4) is 0 Å². The van der Waals surface area contributed by atoms with Gasteiger partial charge in [0.2, 0.25) is 0 Å². The van der Waals surface area contributed by atoms with E-state index in [1.165, 1.54) is 11.1 Å². The first-order chi connectivity index (χ1) is 6.27. The van der Waals surface area contributed by atoms with Crippen LogP contribution in [0.3, 0.4) is 0 Å². The fourth-order valence-electron chi connectivity index (χ4n) is 1.21. The number of aryl methyl sites for hydroxylation is 1. The van der Waals surface area contributed by atoms with Crippen LogP contribution in [0.1, 0.15) is 11.1 Å². The van der Waals surface area contributed by atoms with Gasteiger partial charge in [0, 0.05) is 20.9 Å². The molecule has 1 aromatic rings. The third kappa shape index (κ3) is 1.85. The summed E-state index contributed by atoms with van der Waals surface area (Å²) in [5.74, 6) is 0. The standard InChI is InChI=1S/C9H10N2S2/c1-7-4-2-3-5-8(7)9-6-12-13(10)11-9/h2-6H,1H3,(H2,10,11). The van der Waals surface area contributed by atoms with Gasteiger partial charge in [-0.3, -0.25) is 5.14 Å². The Labute approximate surface area is 83.9 Å². The fraction of sp³-hybridized carbons (Fsp3) is 0.111. The van der Waals surface area contributed by atoms with Crippen molar-refractivity contribution in [2.45, 2.75) is 6.92 Å². The van der Waals surface area contributed by atoms with Crippen LogP contribution < -0.4 is 5.14 Å². The highest BCUT2D eigenvalue weighted by atomic mass is 33.1. The van der Waals surface area contributed by atoms with Crippen LogP contribution in [0.2, 0.25) is 0 Å². The molecule has 2 N–H and O–H groups in total. The molecular weight excluding hydrogens is 200 g/mol. The summed E-state index contributed by atoms with van der Waals surface area (Å²) in [6.45, 7) is 2.09. The lowest BCUT2D eigenvalue weighted by Crippen LogP contribution is -1.91. The molecule has 0 aromatic heterocycles. The average Bonchev–Trinajstić information content (AvgIpc) is 2.53. The number of hydrogen-bond donors (Lipinski definition) is 1. The maximum absolute atomic E-state index is 5.68. The van der Waals surface area contributed by atoms with E-state index in [0.29, 0.717) is 0 Å². The quantitative estimate of drug-likeness (QED) is 0.724. The van der Waals surface area contributed by atoms with Gasteiger partial charge < -0.3 is 0 Å². The van der Waals surface area contributed by atoms with Crippen molar-refractivity contribution in [1.29, 1.82) is 0 Å². The molecule has 1 aromatic carbocycles. The van der Waals surface area contributed by atoms with Crippen LogP contribution in [0.25, 0.3) is 5.70 Å². The molecule has 0 aliphatic carbocycles.